The first kappa shape index (κ1) is 19.9. The number of nitrogens with one attached hydrogen (secondary N) is 1. The molecular weight excluding hydrogens is 354 g/mol. The van der Waals surface area contributed by atoms with Crippen molar-refractivity contribution in [3.05, 3.63) is 58.3 Å². The number of aliphatic imine (C=N–C) groups is 1. The van der Waals surface area contributed by atoms with Crippen molar-refractivity contribution < 1.29 is 0 Å². The fraction of sp³-hybridized carbons (Fsp3) is 0.476. The number of rotatable bonds is 9. The Labute approximate surface area is 166 Å². The summed E-state index contributed by atoms with van der Waals surface area (Å²) in [6.45, 7) is 8.38. The summed E-state index contributed by atoms with van der Waals surface area (Å²) in [6.07, 6.45) is 2.06. The molecule has 1 fully saturated rings. The van der Waals surface area contributed by atoms with E-state index >= 15 is 0 Å². The Hall–Kier alpha value is -1.89. The van der Waals surface area contributed by atoms with Gasteiger partial charge in [-0.15, -0.1) is 11.3 Å². The molecule has 3 N–H and O–H groups in total. The highest BCUT2D eigenvalue weighted by Gasteiger charge is 2.16. The summed E-state index contributed by atoms with van der Waals surface area (Å²) in [6, 6.07) is 15.0. The van der Waals surface area contributed by atoms with E-state index in [4.69, 9.17) is 5.73 Å². The standard InChI is InChI=1S/C21H31N5S/c22-21(24-11-9-20-8-4-17-27-20)23-10-5-12-25-13-15-26(16-14-25)18-19-6-2-1-3-7-19/h1-4,6-8,17H,5,9-16,18H2,(H3,22,23,24). The molecule has 1 aromatic heterocycles. The summed E-state index contributed by atoms with van der Waals surface area (Å²) in [5.41, 5.74) is 7.35. The number of hydrogen-bond acceptors (Lipinski definition) is 4. The Morgan fingerprint density at radius 1 is 1.04 bits per heavy atom. The van der Waals surface area contributed by atoms with Crippen LogP contribution >= 0.6 is 11.3 Å². The van der Waals surface area contributed by atoms with Gasteiger partial charge in [0.2, 0.25) is 0 Å². The van der Waals surface area contributed by atoms with Gasteiger partial charge in [0.15, 0.2) is 5.96 Å². The molecule has 0 unspecified atom stereocenters. The van der Waals surface area contributed by atoms with E-state index in [0.717, 1.165) is 65.2 Å². The number of nitrogens with two attached hydrogens (primary N) is 1. The number of nitrogens with zero attached hydrogens (tertiary/aromatic N) is 3. The van der Waals surface area contributed by atoms with Gasteiger partial charge in [-0.05, 0) is 29.9 Å². The number of benzene rings is 1. The second-order valence-electron chi connectivity index (χ2n) is 6.98. The molecule has 5 nitrogen and oxygen atoms in total. The maximum absolute atomic E-state index is 5.95. The van der Waals surface area contributed by atoms with E-state index in [1.54, 1.807) is 11.3 Å². The SMILES string of the molecule is NC(=NCCCN1CCN(Cc2ccccc2)CC1)NCCc1cccs1. The van der Waals surface area contributed by atoms with Crippen LogP contribution in [0.5, 0.6) is 0 Å². The molecule has 0 atom stereocenters. The van der Waals surface area contributed by atoms with Crippen molar-refractivity contribution in [3.63, 3.8) is 0 Å². The van der Waals surface area contributed by atoms with Crippen LogP contribution in [0.15, 0.2) is 52.8 Å². The summed E-state index contributed by atoms with van der Waals surface area (Å²) in [4.78, 5) is 10.9. The third-order valence-corrected chi connectivity index (χ3v) is 5.82. The monoisotopic (exact) mass is 385 g/mol. The fourth-order valence-corrected chi connectivity index (χ4v) is 4.04. The first-order chi connectivity index (χ1) is 13.3. The van der Waals surface area contributed by atoms with Crippen molar-refractivity contribution in [3.8, 4) is 0 Å². The van der Waals surface area contributed by atoms with E-state index in [1.807, 2.05) is 0 Å². The number of thiophene rings is 1. The largest absolute Gasteiger partial charge is 0.370 e. The van der Waals surface area contributed by atoms with Crippen LogP contribution in [0.2, 0.25) is 0 Å². The molecule has 2 heterocycles. The zero-order chi connectivity index (χ0) is 18.7. The van der Waals surface area contributed by atoms with Gasteiger partial charge in [-0.1, -0.05) is 36.4 Å². The van der Waals surface area contributed by atoms with E-state index in [-0.39, 0.29) is 0 Å². The van der Waals surface area contributed by atoms with Crippen LogP contribution in [0.4, 0.5) is 0 Å². The number of guanidine groups is 1. The van der Waals surface area contributed by atoms with Gasteiger partial charge >= 0.3 is 0 Å². The maximum atomic E-state index is 5.95. The Bertz CT molecular complexity index is 663. The van der Waals surface area contributed by atoms with Gasteiger partial charge in [-0.25, -0.2) is 0 Å². The van der Waals surface area contributed by atoms with Crippen molar-refractivity contribution in [2.45, 2.75) is 19.4 Å². The lowest BCUT2D eigenvalue weighted by Gasteiger charge is -2.34. The second-order valence-corrected chi connectivity index (χ2v) is 8.01. The van der Waals surface area contributed by atoms with Crippen LogP contribution in [-0.2, 0) is 13.0 Å². The Balaban J connectivity index is 1.24. The van der Waals surface area contributed by atoms with Gasteiger partial charge in [-0.2, -0.15) is 0 Å². The van der Waals surface area contributed by atoms with Crippen LogP contribution in [0.25, 0.3) is 0 Å². The lowest BCUT2D eigenvalue weighted by atomic mass is 10.2. The first-order valence-electron chi connectivity index (χ1n) is 9.84. The smallest absolute Gasteiger partial charge is 0.188 e. The normalized spacial score (nSPS) is 16.5. The molecule has 1 saturated heterocycles. The van der Waals surface area contributed by atoms with Crippen LogP contribution in [-0.4, -0.2) is 61.6 Å². The lowest BCUT2D eigenvalue weighted by molar-refractivity contribution is 0.127. The molecule has 146 valence electrons. The molecule has 27 heavy (non-hydrogen) atoms. The van der Waals surface area contributed by atoms with E-state index in [0.29, 0.717) is 5.96 Å². The Morgan fingerprint density at radius 2 is 1.81 bits per heavy atom. The van der Waals surface area contributed by atoms with Gasteiger partial charge in [-0.3, -0.25) is 9.89 Å². The summed E-state index contributed by atoms with van der Waals surface area (Å²) in [5, 5.41) is 5.31. The molecule has 0 aliphatic carbocycles. The fourth-order valence-electron chi connectivity index (χ4n) is 3.33. The highest BCUT2D eigenvalue weighted by atomic mass is 32.1. The number of piperazine rings is 1. The van der Waals surface area contributed by atoms with Crippen LogP contribution in [0, 0.1) is 0 Å². The van der Waals surface area contributed by atoms with Gasteiger partial charge in [0.1, 0.15) is 0 Å². The van der Waals surface area contributed by atoms with E-state index < -0.39 is 0 Å². The zero-order valence-corrected chi connectivity index (χ0v) is 16.8. The highest BCUT2D eigenvalue weighted by Crippen LogP contribution is 2.09. The molecule has 0 bridgehead atoms. The van der Waals surface area contributed by atoms with Crippen LogP contribution < -0.4 is 11.1 Å². The molecule has 0 amide bonds. The predicted molar refractivity (Wildman–Crippen MR) is 115 cm³/mol. The highest BCUT2D eigenvalue weighted by molar-refractivity contribution is 7.09. The quantitative estimate of drug-likeness (QED) is 0.395. The molecule has 1 aliphatic rings. The predicted octanol–water partition coefficient (Wildman–Crippen LogP) is 2.40. The molecule has 1 aromatic carbocycles. The van der Waals surface area contributed by atoms with Crippen molar-refractivity contribution >= 4 is 17.3 Å². The van der Waals surface area contributed by atoms with Crippen molar-refractivity contribution in [2.75, 3.05) is 45.8 Å². The number of hydrogen-bond donors (Lipinski definition) is 2. The third-order valence-electron chi connectivity index (χ3n) is 4.89. The molecule has 6 heteroatoms. The Kier molecular flexibility index (Phi) is 8.14. The van der Waals surface area contributed by atoms with E-state index in [2.05, 4.69) is 68.0 Å². The third kappa shape index (κ3) is 7.33. The van der Waals surface area contributed by atoms with Gasteiger partial charge < -0.3 is 16.0 Å². The summed E-state index contributed by atoms with van der Waals surface area (Å²) in [7, 11) is 0. The van der Waals surface area contributed by atoms with E-state index in [1.165, 1.54) is 10.4 Å². The minimum atomic E-state index is 0.569. The minimum absolute atomic E-state index is 0.569. The van der Waals surface area contributed by atoms with Crippen LogP contribution in [0.1, 0.15) is 16.9 Å². The van der Waals surface area contributed by atoms with Crippen molar-refractivity contribution in [2.24, 2.45) is 10.7 Å². The molecular formula is C21H31N5S. The van der Waals surface area contributed by atoms with Gasteiger partial charge in [0, 0.05) is 57.2 Å². The summed E-state index contributed by atoms with van der Waals surface area (Å²) >= 11 is 1.78. The summed E-state index contributed by atoms with van der Waals surface area (Å²) in [5.74, 6) is 0.569. The molecule has 1 aliphatic heterocycles. The average Bonchev–Trinajstić information content (AvgIpc) is 3.21. The topological polar surface area (TPSA) is 56.9 Å². The molecule has 0 radical (unpaired) electrons. The molecule has 3 rings (SSSR count). The van der Waals surface area contributed by atoms with Crippen LogP contribution in [0.3, 0.4) is 0 Å². The molecule has 2 aromatic rings. The maximum Gasteiger partial charge on any atom is 0.188 e. The second kappa shape index (κ2) is 11.1. The zero-order valence-electron chi connectivity index (χ0n) is 16.0. The van der Waals surface area contributed by atoms with Crippen molar-refractivity contribution in [1.29, 1.82) is 0 Å². The summed E-state index contributed by atoms with van der Waals surface area (Å²) < 4.78 is 0. The Morgan fingerprint density at radius 3 is 2.56 bits per heavy atom. The molecule has 0 spiro atoms. The average molecular weight is 386 g/mol. The van der Waals surface area contributed by atoms with Gasteiger partial charge in [0.25, 0.3) is 0 Å². The molecule has 0 saturated carbocycles. The van der Waals surface area contributed by atoms with Gasteiger partial charge in [0.05, 0.1) is 0 Å². The van der Waals surface area contributed by atoms with E-state index in [9.17, 15) is 0 Å². The van der Waals surface area contributed by atoms with Crippen molar-refractivity contribution in [1.82, 2.24) is 15.1 Å². The lowest BCUT2D eigenvalue weighted by Crippen LogP contribution is -2.46. The minimum Gasteiger partial charge on any atom is -0.370 e. The first-order valence-corrected chi connectivity index (χ1v) is 10.7.